The third-order valence-corrected chi connectivity index (χ3v) is 2.58. The molecule has 2 rings (SSSR count). The highest BCUT2D eigenvalue weighted by molar-refractivity contribution is 9.10. The lowest BCUT2D eigenvalue weighted by Crippen LogP contribution is -1.89. The zero-order valence-electron chi connectivity index (χ0n) is 7.82. The molecule has 0 unspecified atom stereocenters. The molecule has 0 atom stereocenters. The van der Waals surface area contributed by atoms with Gasteiger partial charge in [-0.25, -0.2) is 4.98 Å². The molecule has 3 nitrogen and oxygen atoms in total. The van der Waals surface area contributed by atoms with E-state index in [0.717, 1.165) is 4.47 Å². The summed E-state index contributed by atoms with van der Waals surface area (Å²) in [4.78, 5) is 7.93. The van der Waals surface area contributed by atoms with Crippen LogP contribution < -0.4 is 4.74 Å². The van der Waals surface area contributed by atoms with Crippen LogP contribution in [0.3, 0.4) is 0 Å². The molecule has 82 valence electrons. The molecule has 0 fully saturated rings. The minimum absolute atomic E-state index is 0.297. The van der Waals surface area contributed by atoms with Crippen molar-refractivity contribution in [3.05, 3.63) is 45.2 Å². The fourth-order valence-corrected chi connectivity index (χ4v) is 1.80. The maximum atomic E-state index is 5.92. The lowest BCUT2D eigenvalue weighted by atomic mass is 10.4. The van der Waals surface area contributed by atoms with Crippen molar-refractivity contribution in [2.45, 2.75) is 0 Å². The van der Waals surface area contributed by atoms with E-state index in [2.05, 4.69) is 25.9 Å². The summed E-state index contributed by atoms with van der Waals surface area (Å²) in [6, 6.07) is 3.33. The Bertz CT molecular complexity index is 522. The highest BCUT2D eigenvalue weighted by Gasteiger charge is 2.06. The Morgan fingerprint density at radius 1 is 1.12 bits per heavy atom. The van der Waals surface area contributed by atoms with Crippen LogP contribution in [-0.2, 0) is 0 Å². The van der Waals surface area contributed by atoms with Crippen LogP contribution in [0.1, 0.15) is 0 Å². The molecule has 2 aromatic rings. The fourth-order valence-electron chi connectivity index (χ4n) is 1.04. The fraction of sp³-hybridized carbons (Fsp3) is 0. The summed E-state index contributed by atoms with van der Waals surface area (Å²) in [5.74, 6) is 0.845. The maximum Gasteiger partial charge on any atom is 0.238 e. The van der Waals surface area contributed by atoms with Gasteiger partial charge in [-0.15, -0.1) is 0 Å². The Kier molecular flexibility index (Phi) is 3.63. The molecule has 0 radical (unpaired) electrons. The van der Waals surface area contributed by atoms with Gasteiger partial charge in [0.15, 0.2) is 0 Å². The van der Waals surface area contributed by atoms with Gasteiger partial charge in [-0.3, -0.25) is 4.98 Å². The largest absolute Gasteiger partial charge is 0.436 e. The summed E-state index contributed by atoms with van der Waals surface area (Å²) in [5, 5.41) is 0.817. The summed E-state index contributed by atoms with van der Waals surface area (Å²) in [5.41, 5.74) is 0. The highest BCUT2D eigenvalue weighted by atomic mass is 79.9. The molecule has 0 spiro atoms. The van der Waals surface area contributed by atoms with Gasteiger partial charge in [0.25, 0.3) is 0 Å². The summed E-state index contributed by atoms with van der Waals surface area (Å²) >= 11 is 14.9. The second-order valence-electron chi connectivity index (χ2n) is 2.88. The van der Waals surface area contributed by atoms with Gasteiger partial charge in [0, 0.05) is 16.9 Å². The molecule has 2 heterocycles. The SMILES string of the molecule is Clc1cnc(Oc2cncc(Br)c2)c(Cl)c1. The lowest BCUT2D eigenvalue weighted by molar-refractivity contribution is 0.461. The van der Waals surface area contributed by atoms with Crippen molar-refractivity contribution in [3.8, 4) is 11.6 Å². The summed E-state index contributed by atoms with van der Waals surface area (Å²) in [6.07, 6.45) is 4.69. The number of nitrogens with zero attached hydrogens (tertiary/aromatic N) is 2. The van der Waals surface area contributed by atoms with Crippen molar-refractivity contribution in [2.24, 2.45) is 0 Å². The number of aromatic nitrogens is 2. The highest BCUT2D eigenvalue weighted by Crippen LogP contribution is 2.29. The number of ether oxygens (including phenoxy) is 1. The monoisotopic (exact) mass is 318 g/mol. The van der Waals surface area contributed by atoms with Gasteiger partial charge in [-0.05, 0) is 28.1 Å². The Morgan fingerprint density at radius 2 is 1.94 bits per heavy atom. The molecule has 16 heavy (non-hydrogen) atoms. The smallest absolute Gasteiger partial charge is 0.238 e. The Hall–Kier alpha value is -0.840. The number of halogens is 3. The summed E-state index contributed by atoms with van der Waals surface area (Å²) in [7, 11) is 0. The molecule has 0 saturated carbocycles. The van der Waals surface area contributed by atoms with Crippen LogP contribution in [0, 0.1) is 0 Å². The van der Waals surface area contributed by atoms with Crippen molar-refractivity contribution in [1.29, 1.82) is 0 Å². The van der Waals surface area contributed by atoms with Crippen LogP contribution in [0.2, 0.25) is 10.0 Å². The van der Waals surface area contributed by atoms with Gasteiger partial charge in [-0.2, -0.15) is 0 Å². The zero-order chi connectivity index (χ0) is 11.5. The Balaban J connectivity index is 2.27. The third-order valence-electron chi connectivity index (χ3n) is 1.67. The van der Waals surface area contributed by atoms with Gasteiger partial charge in [0.2, 0.25) is 5.88 Å². The van der Waals surface area contributed by atoms with E-state index < -0.39 is 0 Å². The Morgan fingerprint density at radius 3 is 2.62 bits per heavy atom. The zero-order valence-corrected chi connectivity index (χ0v) is 10.9. The van der Waals surface area contributed by atoms with E-state index in [-0.39, 0.29) is 0 Å². The van der Waals surface area contributed by atoms with E-state index in [1.54, 1.807) is 24.5 Å². The third kappa shape index (κ3) is 2.84. The first kappa shape index (κ1) is 11.6. The quantitative estimate of drug-likeness (QED) is 0.826. The van der Waals surface area contributed by atoms with E-state index in [1.165, 1.54) is 6.20 Å². The molecular formula is C10H5BrCl2N2O. The standard InChI is InChI=1S/C10H5BrCl2N2O/c11-6-1-8(5-14-3-6)16-10-9(13)2-7(12)4-15-10/h1-5H. The predicted octanol–water partition coefficient (Wildman–Crippen LogP) is 4.34. The molecule has 0 saturated heterocycles. The molecule has 6 heteroatoms. The van der Waals surface area contributed by atoms with Crippen molar-refractivity contribution in [2.75, 3.05) is 0 Å². The van der Waals surface area contributed by atoms with Gasteiger partial charge in [0.05, 0.1) is 11.2 Å². The normalized spacial score (nSPS) is 10.2. The van der Waals surface area contributed by atoms with Crippen molar-refractivity contribution < 1.29 is 4.74 Å². The summed E-state index contributed by atoms with van der Waals surface area (Å²) in [6.45, 7) is 0. The molecule has 0 aliphatic heterocycles. The minimum Gasteiger partial charge on any atom is -0.436 e. The summed E-state index contributed by atoms with van der Waals surface area (Å²) < 4.78 is 6.27. The second kappa shape index (κ2) is 4.99. The average Bonchev–Trinajstić information content (AvgIpc) is 2.22. The maximum absolute atomic E-state index is 5.92. The van der Waals surface area contributed by atoms with Crippen LogP contribution >= 0.6 is 39.1 Å². The molecular weight excluding hydrogens is 315 g/mol. The molecule has 0 aliphatic carbocycles. The van der Waals surface area contributed by atoms with E-state index in [0.29, 0.717) is 21.7 Å². The van der Waals surface area contributed by atoms with E-state index in [9.17, 15) is 0 Å². The average molecular weight is 320 g/mol. The predicted molar refractivity (Wildman–Crippen MR) is 66.3 cm³/mol. The van der Waals surface area contributed by atoms with Crippen LogP contribution in [0.4, 0.5) is 0 Å². The number of hydrogen-bond acceptors (Lipinski definition) is 3. The number of pyridine rings is 2. The van der Waals surface area contributed by atoms with Crippen molar-refractivity contribution >= 4 is 39.1 Å². The van der Waals surface area contributed by atoms with E-state index in [1.807, 2.05) is 0 Å². The lowest BCUT2D eigenvalue weighted by Gasteiger charge is -2.05. The van der Waals surface area contributed by atoms with Crippen molar-refractivity contribution in [1.82, 2.24) is 9.97 Å². The van der Waals surface area contributed by atoms with Gasteiger partial charge in [0.1, 0.15) is 10.8 Å². The first-order valence-electron chi connectivity index (χ1n) is 4.24. The van der Waals surface area contributed by atoms with Gasteiger partial charge < -0.3 is 4.74 Å². The van der Waals surface area contributed by atoms with Crippen LogP contribution in [-0.4, -0.2) is 9.97 Å². The van der Waals surface area contributed by atoms with Gasteiger partial charge in [-0.1, -0.05) is 23.2 Å². The van der Waals surface area contributed by atoms with Crippen LogP contribution in [0.5, 0.6) is 11.6 Å². The van der Waals surface area contributed by atoms with Crippen LogP contribution in [0.25, 0.3) is 0 Å². The molecule has 0 aromatic carbocycles. The molecule has 0 aliphatic rings. The van der Waals surface area contributed by atoms with E-state index >= 15 is 0 Å². The molecule has 0 bridgehead atoms. The van der Waals surface area contributed by atoms with Crippen LogP contribution in [0.15, 0.2) is 35.2 Å². The van der Waals surface area contributed by atoms with Crippen molar-refractivity contribution in [3.63, 3.8) is 0 Å². The van der Waals surface area contributed by atoms with Gasteiger partial charge >= 0.3 is 0 Å². The second-order valence-corrected chi connectivity index (χ2v) is 4.64. The number of rotatable bonds is 2. The topological polar surface area (TPSA) is 35.0 Å². The first-order valence-corrected chi connectivity index (χ1v) is 5.79. The molecule has 2 aromatic heterocycles. The van der Waals surface area contributed by atoms with E-state index in [4.69, 9.17) is 27.9 Å². The molecule has 0 amide bonds. The number of hydrogen-bond donors (Lipinski definition) is 0. The molecule has 0 N–H and O–H groups in total. The first-order chi connectivity index (χ1) is 7.65. The minimum atomic E-state index is 0.297. The Labute approximate surface area is 111 Å².